The minimum atomic E-state index is -0.152. The molecule has 3 atom stereocenters. The van der Waals surface area contributed by atoms with Gasteiger partial charge in [0.2, 0.25) is 0 Å². The zero-order valence-electron chi connectivity index (χ0n) is 13.3. The molecular formula is C18H28FNS. The Morgan fingerprint density at radius 3 is 2.57 bits per heavy atom. The van der Waals surface area contributed by atoms with Crippen LogP contribution in [0, 0.1) is 17.7 Å². The molecule has 1 aliphatic carbocycles. The van der Waals surface area contributed by atoms with Crippen LogP contribution in [-0.2, 0) is 0 Å². The molecule has 0 heterocycles. The predicted octanol–water partition coefficient (Wildman–Crippen LogP) is 5.11. The van der Waals surface area contributed by atoms with E-state index in [1.54, 1.807) is 12.1 Å². The van der Waals surface area contributed by atoms with Gasteiger partial charge in [0.15, 0.2) is 0 Å². The molecular weight excluding hydrogens is 281 g/mol. The van der Waals surface area contributed by atoms with Crippen LogP contribution < -0.4 is 5.32 Å². The number of hydrogen-bond acceptors (Lipinski definition) is 2. The van der Waals surface area contributed by atoms with E-state index in [0.717, 1.165) is 24.1 Å². The molecule has 1 saturated carbocycles. The molecule has 1 aromatic rings. The topological polar surface area (TPSA) is 12.0 Å². The largest absolute Gasteiger partial charge is 0.313 e. The summed E-state index contributed by atoms with van der Waals surface area (Å²) in [7, 11) is 0. The first-order chi connectivity index (χ1) is 10.2. The molecule has 0 bridgehead atoms. The molecule has 3 unspecified atom stereocenters. The predicted molar refractivity (Wildman–Crippen MR) is 90.3 cm³/mol. The molecule has 2 rings (SSSR count). The maximum Gasteiger partial charge on any atom is 0.123 e. The standard InChI is InChI=1S/C18H28FNS/c1-3-14-7-5-6-8-17(14)18(20-4-2)13-21-16-11-9-15(19)10-12-16/h9-12,14,17-18,20H,3-8,13H2,1-2H3. The van der Waals surface area contributed by atoms with Crippen molar-refractivity contribution in [3.8, 4) is 0 Å². The highest BCUT2D eigenvalue weighted by Gasteiger charge is 2.30. The first kappa shape index (κ1) is 16.8. The number of benzene rings is 1. The van der Waals surface area contributed by atoms with Crippen LogP contribution in [0.4, 0.5) is 4.39 Å². The minimum Gasteiger partial charge on any atom is -0.313 e. The van der Waals surface area contributed by atoms with Crippen LogP contribution in [0.1, 0.15) is 46.0 Å². The lowest BCUT2D eigenvalue weighted by Crippen LogP contribution is -2.42. The number of hydrogen-bond donors (Lipinski definition) is 1. The molecule has 1 aromatic carbocycles. The van der Waals surface area contributed by atoms with E-state index in [4.69, 9.17) is 0 Å². The Morgan fingerprint density at radius 2 is 1.90 bits per heavy atom. The van der Waals surface area contributed by atoms with Crippen molar-refractivity contribution in [2.75, 3.05) is 12.3 Å². The van der Waals surface area contributed by atoms with Gasteiger partial charge in [-0.2, -0.15) is 0 Å². The number of nitrogens with one attached hydrogen (secondary N) is 1. The summed E-state index contributed by atoms with van der Waals surface area (Å²) in [6.45, 7) is 5.56. The van der Waals surface area contributed by atoms with E-state index in [-0.39, 0.29) is 5.82 Å². The van der Waals surface area contributed by atoms with E-state index in [1.165, 1.54) is 37.0 Å². The third-order valence-corrected chi connectivity index (χ3v) is 5.85. The third kappa shape index (κ3) is 5.00. The molecule has 3 heteroatoms. The van der Waals surface area contributed by atoms with Gasteiger partial charge in [-0.25, -0.2) is 4.39 Å². The van der Waals surface area contributed by atoms with Gasteiger partial charge in [-0.1, -0.05) is 39.5 Å². The van der Waals surface area contributed by atoms with Gasteiger partial charge in [0.05, 0.1) is 0 Å². The van der Waals surface area contributed by atoms with Crippen LogP contribution in [0.3, 0.4) is 0 Å². The smallest absolute Gasteiger partial charge is 0.123 e. The van der Waals surface area contributed by atoms with Crippen LogP contribution >= 0.6 is 11.8 Å². The molecule has 0 spiro atoms. The Hall–Kier alpha value is -0.540. The van der Waals surface area contributed by atoms with Crippen LogP contribution in [0.15, 0.2) is 29.2 Å². The molecule has 118 valence electrons. The Morgan fingerprint density at radius 1 is 1.19 bits per heavy atom. The van der Waals surface area contributed by atoms with E-state index in [0.29, 0.717) is 6.04 Å². The molecule has 0 saturated heterocycles. The highest BCUT2D eigenvalue weighted by atomic mass is 32.2. The molecule has 0 radical (unpaired) electrons. The van der Waals surface area contributed by atoms with Crippen LogP contribution in [0.2, 0.25) is 0 Å². The minimum absolute atomic E-state index is 0.152. The van der Waals surface area contributed by atoms with E-state index in [2.05, 4.69) is 19.2 Å². The molecule has 1 aliphatic rings. The summed E-state index contributed by atoms with van der Waals surface area (Å²) in [4.78, 5) is 1.17. The molecule has 21 heavy (non-hydrogen) atoms. The number of halogens is 1. The Kier molecular flexibility index (Phi) is 7.05. The zero-order chi connectivity index (χ0) is 15.1. The van der Waals surface area contributed by atoms with Crippen molar-refractivity contribution in [3.05, 3.63) is 30.1 Å². The van der Waals surface area contributed by atoms with Crippen molar-refractivity contribution < 1.29 is 4.39 Å². The molecule has 0 aliphatic heterocycles. The van der Waals surface area contributed by atoms with Gasteiger partial charge in [0, 0.05) is 16.7 Å². The van der Waals surface area contributed by atoms with E-state index in [9.17, 15) is 4.39 Å². The van der Waals surface area contributed by atoms with Gasteiger partial charge in [-0.15, -0.1) is 11.8 Å². The van der Waals surface area contributed by atoms with Crippen LogP contribution in [-0.4, -0.2) is 18.3 Å². The number of rotatable bonds is 7. The Labute approximate surface area is 133 Å². The highest BCUT2D eigenvalue weighted by molar-refractivity contribution is 7.99. The van der Waals surface area contributed by atoms with Gasteiger partial charge >= 0.3 is 0 Å². The SMILES string of the molecule is CCNC(CSc1ccc(F)cc1)C1CCCCC1CC. The molecule has 1 fully saturated rings. The summed E-state index contributed by atoms with van der Waals surface area (Å²) in [6, 6.07) is 7.47. The second-order valence-electron chi connectivity index (χ2n) is 6.05. The van der Waals surface area contributed by atoms with Gasteiger partial charge in [-0.3, -0.25) is 0 Å². The normalized spacial score (nSPS) is 24.0. The average Bonchev–Trinajstić information content (AvgIpc) is 2.53. The van der Waals surface area contributed by atoms with Gasteiger partial charge in [-0.05, 0) is 49.1 Å². The lowest BCUT2D eigenvalue weighted by molar-refractivity contribution is 0.186. The summed E-state index contributed by atoms with van der Waals surface area (Å²) in [5.41, 5.74) is 0. The summed E-state index contributed by atoms with van der Waals surface area (Å²) < 4.78 is 13.0. The van der Waals surface area contributed by atoms with Crippen LogP contribution in [0.25, 0.3) is 0 Å². The fourth-order valence-corrected chi connectivity index (χ4v) is 4.65. The first-order valence-electron chi connectivity index (χ1n) is 8.36. The fraction of sp³-hybridized carbons (Fsp3) is 0.667. The van der Waals surface area contributed by atoms with Crippen molar-refractivity contribution in [1.29, 1.82) is 0 Å². The lowest BCUT2D eigenvalue weighted by Gasteiger charge is -2.37. The summed E-state index contributed by atoms with van der Waals surface area (Å²) >= 11 is 1.85. The average molecular weight is 309 g/mol. The van der Waals surface area contributed by atoms with Crippen molar-refractivity contribution in [2.24, 2.45) is 11.8 Å². The Bertz CT molecular complexity index is 406. The zero-order valence-corrected chi connectivity index (χ0v) is 14.1. The molecule has 0 aromatic heterocycles. The van der Waals surface area contributed by atoms with Gasteiger partial charge in [0.25, 0.3) is 0 Å². The van der Waals surface area contributed by atoms with E-state index >= 15 is 0 Å². The first-order valence-corrected chi connectivity index (χ1v) is 9.34. The maximum absolute atomic E-state index is 13.0. The van der Waals surface area contributed by atoms with Gasteiger partial charge in [0.1, 0.15) is 5.82 Å². The highest BCUT2D eigenvalue weighted by Crippen LogP contribution is 2.36. The monoisotopic (exact) mass is 309 g/mol. The van der Waals surface area contributed by atoms with E-state index in [1.807, 2.05) is 23.9 Å². The second-order valence-corrected chi connectivity index (χ2v) is 7.14. The van der Waals surface area contributed by atoms with Crippen molar-refractivity contribution >= 4 is 11.8 Å². The molecule has 1 nitrogen and oxygen atoms in total. The van der Waals surface area contributed by atoms with Crippen molar-refractivity contribution in [2.45, 2.75) is 56.9 Å². The summed E-state index contributed by atoms with van der Waals surface area (Å²) in [6.07, 6.45) is 6.83. The quantitative estimate of drug-likeness (QED) is 0.702. The van der Waals surface area contributed by atoms with Crippen molar-refractivity contribution in [1.82, 2.24) is 5.32 Å². The van der Waals surface area contributed by atoms with Crippen LogP contribution in [0.5, 0.6) is 0 Å². The van der Waals surface area contributed by atoms with Crippen molar-refractivity contribution in [3.63, 3.8) is 0 Å². The lowest BCUT2D eigenvalue weighted by atomic mass is 9.74. The maximum atomic E-state index is 13.0. The van der Waals surface area contributed by atoms with E-state index < -0.39 is 0 Å². The molecule has 1 N–H and O–H groups in total. The second kappa shape index (κ2) is 8.79. The fourth-order valence-electron chi connectivity index (χ4n) is 3.59. The molecule has 0 amide bonds. The van der Waals surface area contributed by atoms with Gasteiger partial charge < -0.3 is 5.32 Å². The summed E-state index contributed by atoms with van der Waals surface area (Å²) in [5.74, 6) is 2.61. The third-order valence-electron chi connectivity index (χ3n) is 4.72. The number of thioether (sulfide) groups is 1. The summed E-state index contributed by atoms with van der Waals surface area (Å²) in [5, 5.41) is 3.70. The Balaban J connectivity index is 1.95.